The Kier molecular flexibility index (Phi) is 5.14. The van der Waals surface area contributed by atoms with E-state index in [4.69, 9.17) is 4.74 Å². The van der Waals surface area contributed by atoms with Crippen LogP contribution in [0.25, 0.3) is 10.8 Å². The summed E-state index contributed by atoms with van der Waals surface area (Å²) >= 11 is 0. The van der Waals surface area contributed by atoms with Crippen LogP contribution < -0.4 is 10.1 Å². The lowest BCUT2D eigenvalue weighted by Crippen LogP contribution is -2.48. The maximum absolute atomic E-state index is 12.6. The van der Waals surface area contributed by atoms with E-state index < -0.39 is 0 Å². The van der Waals surface area contributed by atoms with Crippen LogP contribution in [0.3, 0.4) is 0 Å². The molecule has 2 amide bonds. The minimum atomic E-state index is -0.0566. The second kappa shape index (κ2) is 8.03. The fraction of sp³-hybridized carbons (Fsp3) is 0.286. The Morgan fingerprint density at radius 3 is 2.96 bits per heavy atom. The summed E-state index contributed by atoms with van der Waals surface area (Å²) < 4.78 is 5.88. The van der Waals surface area contributed by atoms with Gasteiger partial charge in [-0.1, -0.05) is 42.5 Å². The second-order valence-corrected chi connectivity index (χ2v) is 6.67. The molecule has 0 bridgehead atoms. The van der Waals surface area contributed by atoms with E-state index in [1.54, 1.807) is 12.3 Å². The van der Waals surface area contributed by atoms with Gasteiger partial charge in [-0.3, -0.25) is 0 Å². The minimum absolute atomic E-state index is 0.0445. The number of likely N-dealkylation sites (tertiary alicyclic amines) is 1. The molecular weight excluding hydrogens is 340 g/mol. The highest BCUT2D eigenvalue weighted by Crippen LogP contribution is 2.19. The molecule has 1 aliphatic rings. The van der Waals surface area contributed by atoms with Crippen LogP contribution >= 0.6 is 0 Å². The van der Waals surface area contributed by atoms with Crippen LogP contribution in [0, 0.1) is 0 Å². The molecule has 0 spiro atoms. The highest BCUT2D eigenvalue weighted by Gasteiger charge is 2.25. The fourth-order valence-corrected chi connectivity index (χ4v) is 3.47. The van der Waals surface area contributed by atoms with Crippen LogP contribution in [0.5, 0.6) is 5.88 Å². The predicted molar refractivity (Wildman–Crippen MR) is 103 cm³/mol. The largest absolute Gasteiger partial charge is 0.472 e. The van der Waals surface area contributed by atoms with E-state index in [1.165, 1.54) is 17.1 Å². The van der Waals surface area contributed by atoms with E-state index in [-0.39, 0.29) is 12.1 Å². The van der Waals surface area contributed by atoms with Crippen molar-refractivity contribution in [3.63, 3.8) is 0 Å². The number of benzene rings is 2. The highest BCUT2D eigenvalue weighted by molar-refractivity contribution is 5.86. The molecule has 0 radical (unpaired) electrons. The first-order valence-corrected chi connectivity index (χ1v) is 9.22. The van der Waals surface area contributed by atoms with Gasteiger partial charge in [0.1, 0.15) is 12.4 Å². The zero-order valence-corrected chi connectivity index (χ0v) is 15.0. The van der Waals surface area contributed by atoms with Gasteiger partial charge in [0, 0.05) is 25.4 Å². The van der Waals surface area contributed by atoms with Gasteiger partial charge >= 0.3 is 6.03 Å². The number of urea groups is 1. The van der Waals surface area contributed by atoms with Crippen LogP contribution in [-0.2, 0) is 6.54 Å². The SMILES string of the molecule is O=C(NCc1cccc2ccccc12)N1CCC[C@H](Oc2ccncn2)C1. The van der Waals surface area contributed by atoms with Crippen LogP contribution in [0.2, 0.25) is 0 Å². The Balaban J connectivity index is 1.36. The van der Waals surface area contributed by atoms with Gasteiger partial charge in [0.25, 0.3) is 0 Å². The summed E-state index contributed by atoms with van der Waals surface area (Å²) in [6.07, 6.45) is 4.90. The number of amides is 2. The number of hydrogen-bond acceptors (Lipinski definition) is 4. The van der Waals surface area contributed by atoms with Crippen molar-refractivity contribution in [2.75, 3.05) is 13.1 Å². The summed E-state index contributed by atoms with van der Waals surface area (Å²) in [4.78, 5) is 22.4. The lowest BCUT2D eigenvalue weighted by Gasteiger charge is -2.32. The average Bonchev–Trinajstić information content (AvgIpc) is 2.73. The van der Waals surface area contributed by atoms with Gasteiger partial charge in [0.2, 0.25) is 5.88 Å². The van der Waals surface area contributed by atoms with Crippen LogP contribution in [0.4, 0.5) is 4.79 Å². The smallest absolute Gasteiger partial charge is 0.317 e. The Labute approximate surface area is 158 Å². The van der Waals surface area contributed by atoms with Crippen molar-refractivity contribution in [1.29, 1.82) is 0 Å². The fourth-order valence-electron chi connectivity index (χ4n) is 3.47. The summed E-state index contributed by atoms with van der Waals surface area (Å²) in [7, 11) is 0. The third-order valence-corrected chi connectivity index (χ3v) is 4.82. The number of rotatable bonds is 4. The number of carbonyl (C=O) groups excluding carboxylic acids is 1. The zero-order chi connectivity index (χ0) is 18.5. The third-order valence-electron chi connectivity index (χ3n) is 4.82. The second-order valence-electron chi connectivity index (χ2n) is 6.67. The van der Waals surface area contributed by atoms with Crippen molar-refractivity contribution >= 4 is 16.8 Å². The maximum atomic E-state index is 12.6. The molecule has 1 atom stereocenters. The maximum Gasteiger partial charge on any atom is 0.317 e. The number of carbonyl (C=O) groups is 1. The van der Waals surface area contributed by atoms with Crippen molar-refractivity contribution in [1.82, 2.24) is 20.2 Å². The van der Waals surface area contributed by atoms with Gasteiger partial charge in [-0.2, -0.15) is 0 Å². The molecule has 1 saturated heterocycles. The van der Waals surface area contributed by atoms with Gasteiger partial charge in [-0.25, -0.2) is 14.8 Å². The summed E-state index contributed by atoms with van der Waals surface area (Å²) in [5.74, 6) is 0.549. The quantitative estimate of drug-likeness (QED) is 0.773. The Bertz CT molecular complexity index is 911. The molecule has 4 rings (SSSR count). The number of nitrogens with zero attached hydrogens (tertiary/aromatic N) is 3. The van der Waals surface area contributed by atoms with Crippen molar-refractivity contribution in [3.8, 4) is 5.88 Å². The first kappa shape index (κ1) is 17.3. The first-order chi connectivity index (χ1) is 13.3. The molecule has 2 heterocycles. The molecule has 0 unspecified atom stereocenters. The van der Waals surface area contributed by atoms with Crippen molar-refractivity contribution in [2.45, 2.75) is 25.5 Å². The average molecular weight is 362 g/mol. The van der Waals surface area contributed by atoms with E-state index in [0.717, 1.165) is 24.9 Å². The number of hydrogen-bond donors (Lipinski definition) is 1. The van der Waals surface area contributed by atoms with Crippen LogP contribution in [0.15, 0.2) is 61.1 Å². The number of fused-ring (bicyclic) bond motifs is 1. The molecule has 1 N–H and O–H groups in total. The normalized spacial score (nSPS) is 16.9. The van der Waals surface area contributed by atoms with Gasteiger partial charge in [-0.15, -0.1) is 0 Å². The number of piperidine rings is 1. The topological polar surface area (TPSA) is 67.4 Å². The molecular formula is C21H22N4O2. The summed E-state index contributed by atoms with van der Waals surface area (Å²) in [6.45, 7) is 1.81. The van der Waals surface area contributed by atoms with Crippen molar-refractivity contribution in [2.24, 2.45) is 0 Å². The molecule has 0 saturated carbocycles. The third kappa shape index (κ3) is 4.16. The molecule has 1 aromatic heterocycles. The van der Waals surface area contributed by atoms with E-state index in [1.807, 2.05) is 23.1 Å². The molecule has 1 aliphatic heterocycles. The van der Waals surface area contributed by atoms with Gasteiger partial charge in [0.15, 0.2) is 0 Å². The molecule has 2 aromatic carbocycles. The van der Waals surface area contributed by atoms with E-state index in [2.05, 4.69) is 39.6 Å². The summed E-state index contributed by atoms with van der Waals surface area (Å²) in [5, 5.41) is 5.40. The van der Waals surface area contributed by atoms with Crippen molar-refractivity contribution in [3.05, 3.63) is 66.6 Å². The predicted octanol–water partition coefficient (Wildman–Crippen LogP) is 3.38. The summed E-state index contributed by atoms with van der Waals surface area (Å²) in [5.41, 5.74) is 1.12. The van der Waals surface area contributed by atoms with Crippen molar-refractivity contribution < 1.29 is 9.53 Å². The Hall–Kier alpha value is -3.15. The number of aromatic nitrogens is 2. The molecule has 0 aliphatic carbocycles. The van der Waals surface area contributed by atoms with Gasteiger partial charge < -0.3 is 15.0 Å². The number of nitrogens with one attached hydrogen (secondary N) is 1. The number of ether oxygens (including phenoxy) is 1. The molecule has 138 valence electrons. The molecule has 6 heteroatoms. The molecule has 1 fully saturated rings. The lowest BCUT2D eigenvalue weighted by atomic mass is 10.0. The van der Waals surface area contributed by atoms with Crippen LogP contribution in [-0.4, -0.2) is 40.1 Å². The van der Waals surface area contributed by atoms with E-state index >= 15 is 0 Å². The molecule has 6 nitrogen and oxygen atoms in total. The highest BCUT2D eigenvalue weighted by atomic mass is 16.5. The van der Waals surface area contributed by atoms with E-state index in [9.17, 15) is 4.79 Å². The first-order valence-electron chi connectivity index (χ1n) is 9.22. The van der Waals surface area contributed by atoms with Gasteiger partial charge in [0.05, 0.1) is 6.54 Å². The monoisotopic (exact) mass is 362 g/mol. The lowest BCUT2D eigenvalue weighted by molar-refractivity contribution is 0.0976. The zero-order valence-electron chi connectivity index (χ0n) is 15.0. The molecule has 27 heavy (non-hydrogen) atoms. The Morgan fingerprint density at radius 1 is 1.19 bits per heavy atom. The minimum Gasteiger partial charge on any atom is -0.472 e. The summed E-state index contributed by atoms with van der Waals surface area (Å²) in [6, 6.07) is 16.1. The van der Waals surface area contributed by atoms with Gasteiger partial charge in [-0.05, 0) is 29.2 Å². The van der Waals surface area contributed by atoms with E-state index in [0.29, 0.717) is 19.0 Å². The standard InChI is InChI=1S/C21H22N4O2/c26-21(23-13-17-7-3-6-16-5-1-2-9-19(16)17)25-12-4-8-18(14-25)27-20-10-11-22-15-24-20/h1-3,5-7,9-11,15,18H,4,8,12-14H2,(H,23,26)/t18-/m0/s1. The van der Waals surface area contributed by atoms with Crippen LogP contribution in [0.1, 0.15) is 18.4 Å². The molecule has 3 aromatic rings. The Morgan fingerprint density at radius 2 is 2.07 bits per heavy atom.